The fraction of sp³-hybridized carbons (Fsp3) is 0.565. The molecule has 3 aliphatic rings. The van der Waals surface area contributed by atoms with Gasteiger partial charge in [0.1, 0.15) is 10.6 Å². The van der Waals surface area contributed by atoms with E-state index in [9.17, 15) is 13.2 Å². The second-order valence-corrected chi connectivity index (χ2v) is 10.9. The van der Waals surface area contributed by atoms with Crippen LogP contribution in [0.5, 0.6) is 11.5 Å². The average molecular weight is 476 g/mol. The van der Waals surface area contributed by atoms with Gasteiger partial charge in [0, 0.05) is 26.2 Å². The van der Waals surface area contributed by atoms with Gasteiger partial charge in [-0.15, -0.1) is 0 Å². The molecule has 0 atom stereocenters. The molecule has 1 amide bonds. The third kappa shape index (κ3) is 3.69. The number of ether oxygens (including phenoxy) is 2. The van der Waals surface area contributed by atoms with Crippen LogP contribution in [0.15, 0.2) is 27.6 Å². The lowest BCUT2D eigenvalue weighted by molar-refractivity contribution is -0.140. The highest BCUT2D eigenvalue weighted by atomic mass is 32.2. The maximum Gasteiger partial charge on any atom is 0.248 e. The molecule has 178 valence electrons. The number of hydrogen-bond donors (Lipinski definition) is 0. The average Bonchev–Trinajstić information content (AvgIpc) is 3.44. The van der Waals surface area contributed by atoms with Crippen LogP contribution in [0.2, 0.25) is 0 Å². The molecular formula is C23H29N3O6S. The van der Waals surface area contributed by atoms with E-state index in [1.54, 1.807) is 13.8 Å². The highest BCUT2D eigenvalue weighted by molar-refractivity contribution is 7.89. The summed E-state index contributed by atoms with van der Waals surface area (Å²) < 4.78 is 43.8. The van der Waals surface area contributed by atoms with Gasteiger partial charge in [0.15, 0.2) is 17.3 Å². The maximum absolute atomic E-state index is 13.9. The molecule has 2 aliphatic heterocycles. The van der Waals surface area contributed by atoms with Crippen LogP contribution in [0.3, 0.4) is 0 Å². The number of carbonyl (C=O) groups is 1. The molecule has 0 bridgehead atoms. The van der Waals surface area contributed by atoms with Crippen LogP contribution in [0.25, 0.3) is 0 Å². The highest BCUT2D eigenvalue weighted by Gasteiger charge is 2.45. The molecular weight excluding hydrogens is 446 g/mol. The van der Waals surface area contributed by atoms with Crippen molar-refractivity contribution >= 4 is 15.9 Å². The Morgan fingerprint density at radius 1 is 1.00 bits per heavy atom. The summed E-state index contributed by atoms with van der Waals surface area (Å²) in [5.41, 5.74) is 0.708. The minimum absolute atomic E-state index is 0.0791. The zero-order valence-electron chi connectivity index (χ0n) is 19.0. The first-order valence-electron chi connectivity index (χ1n) is 11.5. The highest BCUT2D eigenvalue weighted by Crippen LogP contribution is 2.44. The number of amides is 1. The normalized spacial score (nSPS) is 20.7. The number of aryl methyl sites for hydroxylation is 2. The van der Waals surface area contributed by atoms with E-state index in [0.717, 1.165) is 37.7 Å². The van der Waals surface area contributed by atoms with E-state index in [1.807, 2.05) is 23.1 Å². The quantitative estimate of drug-likeness (QED) is 0.670. The van der Waals surface area contributed by atoms with E-state index in [0.29, 0.717) is 30.3 Å². The Labute approximate surface area is 193 Å². The van der Waals surface area contributed by atoms with Crippen molar-refractivity contribution in [1.82, 2.24) is 14.4 Å². The summed E-state index contributed by atoms with van der Waals surface area (Å²) in [6.45, 7) is 4.62. The molecule has 3 heterocycles. The molecule has 2 aromatic rings. The largest absolute Gasteiger partial charge is 0.454 e. The van der Waals surface area contributed by atoms with Gasteiger partial charge in [-0.3, -0.25) is 4.79 Å². The number of rotatable bonds is 4. The second kappa shape index (κ2) is 8.32. The van der Waals surface area contributed by atoms with Crippen LogP contribution in [-0.2, 0) is 20.2 Å². The molecule has 0 radical (unpaired) electrons. The number of fused-ring (bicyclic) bond motifs is 1. The van der Waals surface area contributed by atoms with Crippen molar-refractivity contribution in [2.24, 2.45) is 0 Å². The Balaban J connectivity index is 1.37. The number of hydrogen-bond acceptors (Lipinski definition) is 7. The van der Waals surface area contributed by atoms with Gasteiger partial charge in [-0.25, -0.2) is 8.42 Å². The lowest BCUT2D eigenvalue weighted by Crippen LogP contribution is -2.56. The van der Waals surface area contributed by atoms with Crippen LogP contribution in [0, 0.1) is 13.8 Å². The monoisotopic (exact) mass is 475 g/mol. The van der Waals surface area contributed by atoms with Crippen LogP contribution in [0.4, 0.5) is 0 Å². The molecule has 1 saturated heterocycles. The van der Waals surface area contributed by atoms with E-state index >= 15 is 0 Å². The Morgan fingerprint density at radius 2 is 1.70 bits per heavy atom. The van der Waals surface area contributed by atoms with Crippen LogP contribution >= 0.6 is 0 Å². The fourth-order valence-corrected chi connectivity index (χ4v) is 7.10. The molecule has 0 N–H and O–H groups in total. The Bertz CT molecular complexity index is 1140. The van der Waals surface area contributed by atoms with Crippen LogP contribution in [0.1, 0.15) is 49.1 Å². The maximum atomic E-state index is 13.9. The number of aromatic nitrogens is 1. The SMILES string of the molecule is Cc1noc(C)c1S(=O)(=O)N1CCN(C(=O)C2(c3ccc4c(c3)OCO4)CCCCC2)CC1. The van der Waals surface area contributed by atoms with E-state index in [1.165, 1.54) is 4.31 Å². The molecule has 1 aromatic heterocycles. The van der Waals surface area contributed by atoms with Gasteiger partial charge < -0.3 is 18.9 Å². The van der Waals surface area contributed by atoms with Crippen LogP contribution < -0.4 is 9.47 Å². The van der Waals surface area contributed by atoms with Gasteiger partial charge in [-0.05, 0) is 44.4 Å². The lowest BCUT2D eigenvalue weighted by Gasteiger charge is -2.43. The molecule has 5 rings (SSSR count). The summed E-state index contributed by atoms with van der Waals surface area (Å²) in [6, 6.07) is 5.81. The molecule has 10 heteroatoms. The standard InChI is InChI=1S/C23H29N3O6S/c1-16-21(17(2)32-24-16)33(28,29)26-12-10-25(11-13-26)22(27)23(8-4-3-5-9-23)18-6-7-19-20(14-18)31-15-30-19/h6-7,14H,3-5,8-13,15H2,1-2H3. The smallest absolute Gasteiger partial charge is 0.248 e. The second-order valence-electron chi connectivity index (χ2n) is 9.06. The molecule has 0 spiro atoms. The van der Waals surface area contributed by atoms with E-state index in [-0.39, 0.29) is 36.4 Å². The van der Waals surface area contributed by atoms with Gasteiger partial charge in [0.25, 0.3) is 0 Å². The van der Waals surface area contributed by atoms with Crippen LogP contribution in [-0.4, -0.2) is 61.7 Å². The van der Waals surface area contributed by atoms with Gasteiger partial charge in [0.2, 0.25) is 22.7 Å². The zero-order chi connectivity index (χ0) is 23.2. The third-order valence-electron chi connectivity index (χ3n) is 7.13. The summed E-state index contributed by atoms with van der Waals surface area (Å²) in [6.07, 6.45) is 4.65. The third-order valence-corrected chi connectivity index (χ3v) is 9.28. The van der Waals surface area contributed by atoms with Crippen molar-refractivity contribution in [3.05, 3.63) is 35.2 Å². The van der Waals surface area contributed by atoms with E-state index < -0.39 is 15.4 Å². The fourth-order valence-electron chi connectivity index (χ4n) is 5.38. The number of carbonyl (C=O) groups excluding carboxylic acids is 1. The topological polar surface area (TPSA) is 102 Å². The van der Waals surface area contributed by atoms with Crippen molar-refractivity contribution in [1.29, 1.82) is 0 Å². The summed E-state index contributed by atoms with van der Waals surface area (Å²) in [5, 5.41) is 3.78. The first kappa shape index (κ1) is 22.2. The summed E-state index contributed by atoms with van der Waals surface area (Å²) in [5.74, 6) is 1.75. The first-order valence-corrected chi connectivity index (χ1v) is 12.9. The molecule has 1 aliphatic carbocycles. The molecule has 0 unspecified atom stereocenters. The van der Waals surface area contributed by atoms with Gasteiger partial charge in [-0.1, -0.05) is 30.5 Å². The number of sulfonamides is 1. The lowest BCUT2D eigenvalue weighted by atomic mass is 9.68. The van der Waals surface area contributed by atoms with Crippen molar-refractivity contribution in [2.75, 3.05) is 33.0 Å². The molecule has 9 nitrogen and oxygen atoms in total. The molecule has 2 fully saturated rings. The van der Waals surface area contributed by atoms with E-state index in [4.69, 9.17) is 14.0 Å². The van der Waals surface area contributed by atoms with Crippen molar-refractivity contribution in [2.45, 2.75) is 56.3 Å². The molecule has 1 saturated carbocycles. The van der Waals surface area contributed by atoms with Crippen molar-refractivity contribution in [3.8, 4) is 11.5 Å². The van der Waals surface area contributed by atoms with Gasteiger partial charge >= 0.3 is 0 Å². The predicted octanol–water partition coefficient (Wildman–Crippen LogP) is 2.76. The Morgan fingerprint density at radius 3 is 2.36 bits per heavy atom. The number of nitrogens with zero attached hydrogens (tertiary/aromatic N) is 3. The van der Waals surface area contributed by atoms with Crippen molar-refractivity contribution in [3.63, 3.8) is 0 Å². The minimum Gasteiger partial charge on any atom is -0.454 e. The van der Waals surface area contributed by atoms with E-state index in [2.05, 4.69) is 5.16 Å². The van der Waals surface area contributed by atoms with Crippen molar-refractivity contribution < 1.29 is 27.2 Å². The Hall–Kier alpha value is -2.59. The minimum atomic E-state index is -3.72. The summed E-state index contributed by atoms with van der Waals surface area (Å²) >= 11 is 0. The van der Waals surface area contributed by atoms with Gasteiger partial charge in [0.05, 0.1) is 5.41 Å². The Kier molecular flexibility index (Phi) is 5.60. The zero-order valence-corrected chi connectivity index (χ0v) is 19.8. The molecule has 1 aromatic carbocycles. The summed E-state index contributed by atoms with van der Waals surface area (Å²) in [4.78, 5) is 15.9. The first-order chi connectivity index (χ1) is 15.8. The van der Waals surface area contributed by atoms with Gasteiger partial charge in [-0.2, -0.15) is 4.31 Å². The molecule has 33 heavy (non-hydrogen) atoms. The number of benzene rings is 1. The number of piperazine rings is 1. The predicted molar refractivity (Wildman–Crippen MR) is 119 cm³/mol. The summed E-state index contributed by atoms with van der Waals surface area (Å²) in [7, 11) is -3.72.